The van der Waals surface area contributed by atoms with Crippen molar-refractivity contribution in [2.24, 2.45) is 0 Å². The number of rotatable bonds is 5. The highest BCUT2D eigenvalue weighted by Gasteiger charge is 2.01. The standard InChI is InChI=1S/C16H18O/c1-17-13-16-10-6-5-9-15(16)12-11-14-7-3-2-4-8-14/h2-10H,11-13H2,1H3. The molecule has 0 saturated heterocycles. The van der Waals surface area contributed by atoms with Crippen molar-refractivity contribution in [1.82, 2.24) is 0 Å². The van der Waals surface area contributed by atoms with E-state index in [1.807, 2.05) is 0 Å². The zero-order valence-corrected chi connectivity index (χ0v) is 10.2. The molecule has 0 spiro atoms. The van der Waals surface area contributed by atoms with Crippen LogP contribution < -0.4 is 0 Å². The van der Waals surface area contributed by atoms with Crippen LogP contribution in [0.15, 0.2) is 54.6 Å². The molecule has 2 aromatic rings. The van der Waals surface area contributed by atoms with Gasteiger partial charge in [-0.1, -0.05) is 54.6 Å². The van der Waals surface area contributed by atoms with Gasteiger partial charge in [0.2, 0.25) is 0 Å². The second-order valence-electron chi connectivity index (χ2n) is 4.19. The second kappa shape index (κ2) is 6.21. The lowest BCUT2D eigenvalue weighted by molar-refractivity contribution is 0.184. The number of aryl methyl sites for hydroxylation is 2. The van der Waals surface area contributed by atoms with Crippen LogP contribution in [0.3, 0.4) is 0 Å². The maximum Gasteiger partial charge on any atom is 0.0715 e. The van der Waals surface area contributed by atoms with Gasteiger partial charge < -0.3 is 4.74 Å². The summed E-state index contributed by atoms with van der Waals surface area (Å²) in [4.78, 5) is 0. The van der Waals surface area contributed by atoms with Crippen molar-refractivity contribution in [2.75, 3.05) is 7.11 Å². The van der Waals surface area contributed by atoms with Gasteiger partial charge >= 0.3 is 0 Å². The van der Waals surface area contributed by atoms with E-state index in [9.17, 15) is 0 Å². The van der Waals surface area contributed by atoms with Gasteiger partial charge in [-0.25, -0.2) is 0 Å². The fourth-order valence-corrected chi connectivity index (χ4v) is 2.02. The van der Waals surface area contributed by atoms with Crippen LogP contribution in [0.4, 0.5) is 0 Å². The van der Waals surface area contributed by atoms with Gasteiger partial charge in [0.05, 0.1) is 6.61 Å². The summed E-state index contributed by atoms with van der Waals surface area (Å²) in [5, 5.41) is 0. The molecule has 0 unspecified atom stereocenters. The van der Waals surface area contributed by atoms with Gasteiger partial charge in [0, 0.05) is 7.11 Å². The van der Waals surface area contributed by atoms with E-state index in [0.29, 0.717) is 6.61 Å². The number of hydrogen-bond donors (Lipinski definition) is 0. The van der Waals surface area contributed by atoms with Gasteiger partial charge in [0.1, 0.15) is 0 Å². The van der Waals surface area contributed by atoms with Crippen molar-refractivity contribution in [2.45, 2.75) is 19.4 Å². The Labute approximate surface area is 103 Å². The Morgan fingerprint density at radius 3 is 2.12 bits per heavy atom. The molecule has 0 amide bonds. The van der Waals surface area contributed by atoms with Crippen LogP contribution in [-0.2, 0) is 24.2 Å². The molecule has 0 saturated carbocycles. The maximum atomic E-state index is 5.22. The number of hydrogen-bond acceptors (Lipinski definition) is 1. The van der Waals surface area contributed by atoms with Crippen molar-refractivity contribution < 1.29 is 4.74 Å². The average molecular weight is 226 g/mol. The van der Waals surface area contributed by atoms with Crippen molar-refractivity contribution in [3.8, 4) is 0 Å². The van der Waals surface area contributed by atoms with Crippen LogP contribution >= 0.6 is 0 Å². The summed E-state index contributed by atoms with van der Waals surface area (Å²) in [6.45, 7) is 0.699. The third-order valence-corrected chi connectivity index (χ3v) is 2.94. The molecule has 0 aliphatic heterocycles. The summed E-state index contributed by atoms with van der Waals surface area (Å²) in [5.41, 5.74) is 4.07. The molecular formula is C16H18O. The Morgan fingerprint density at radius 1 is 0.765 bits per heavy atom. The zero-order valence-electron chi connectivity index (χ0n) is 10.2. The molecule has 0 heterocycles. The minimum Gasteiger partial charge on any atom is -0.380 e. The second-order valence-corrected chi connectivity index (χ2v) is 4.19. The fraction of sp³-hybridized carbons (Fsp3) is 0.250. The van der Waals surface area contributed by atoms with E-state index in [0.717, 1.165) is 12.8 Å². The first kappa shape index (κ1) is 11.9. The van der Waals surface area contributed by atoms with Crippen LogP contribution in [0.1, 0.15) is 16.7 Å². The molecule has 0 atom stereocenters. The van der Waals surface area contributed by atoms with Crippen LogP contribution in [0.5, 0.6) is 0 Å². The van der Waals surface area contributed by atoms with Crippen LogP contribution in [0, 0.1) is 0 Å². The summed E-state index contributed by atoms with van der Waals surface area (Å²) >= 11 is 0. The SMILES string of the molecule is COCc1ccccc1CCc1ccccc1. The van der Waals surface area contributed by atoms with Gasteiger partial charge in [0.15, 0.2) is 0 Å². The van der Waals surface area contributed by atoms with Crippen LogP contribution in [0.2, 0.25) is 0 Å². The topological polar surface area (TPSA) is 9.23 Å². The molecule has 0 N–H and O–H groups in total. The molecule has 1 nitrogen and oxygen atoms in total. The number of methoxy groups -OCH3 is 1. The van der Waals surface area contributed by atoms with E-state index in [4.69, 9.17) is 4.74 Å². The highest BCUT2D eigenvalue weighted by Crippen LogP contribution is 2.13. The summed E-state index contributed by atoms with van der Waals surface area (Å²) in [7, 11) is 1.74. The van der Waals surface area contributed by atoms with Crippen molar-refractivity contribution in [3.63, 3.8) is 0 Å². The molecule has 2 aromatic carbocycles. The molecule has 2 rings (SSSR count). The zero-order chi connectivity index (χ0) is 11.9. The Hall–Kier alpha value is -1.60. The molecule has 0 aliphatic carbocycles. The molecule has 0 radical (unpaired) electrons. The normalized spacial score (nSPS) is 10.4. The Bertz CT molecular complexity index is 448. The first-order valence-corrected chi connectivity index (χ1v) is 6.00. The average Bonchev–Trinajstić information content (AvgIpc) is 2.39. The summed E-state index contributed by atoms with van der Waals surface area (Å²) in [6.07, 6.45) is 2.16. The van der Waals surface area contributed by atoms with Gasteiger partial charge in [-0.3, -0.25) is 0 Å². The highest BCUT2D eigenvalue weighted by molar-refractivity contribution is 5.28. The largest absolute Gasteiger partial charge is 0.380 e. The smallest absolute Gasteiger partial charge is 0.0715 e. The minimum atomic E-state index is 0.699. The fourth-order valence-electron chi connectivity index (χ4n) is 2.02. The van der Waals surface area contributed by atoms with E-state index in [1.54, 1.807) is 7.11 Å². The van der Waals surface area contributed by atoms with E-state index in [1.165, 1.54) is 16.7 Å². The minimum absolute atomic E-state index is 0.699. The van der Waals surface area contributed by atoms with E-state index in [-0.39, 0.29) is 0 Å². The lowest BCUT2D eigenvalue weighted by Crippen LogP contribution is -1.98. The third kappa shape index (κ3) is 3.43. The predicted octanol–water partition coefficient (Wildman–Crippen LogP) is 3.62. The molecule has 0 aliphatic rings. The van der Waals surface area contributed by atoms with Crippen molar-refractivity contribution in [1.29, 1.82) is 0 Å². The maximum absolute atomic E-state index is 5.22. The quantitative estimate of drug-likeness (QED) is 0.756. The van der Waals surface area contributed by atoms with Gasteiger partial charge in [-0.2, -0.15) is 0 Å². The summed E-state index contributed by atoms with van der Waals surface area (Å²) in [5.74, 6) is 0. The Morgan fingerprint density at radius 2 is 1.41 bits per heavy atom. The third-order valence-electron chi connectivity index (χ3n) is 2.94. The monoisotopic (exact) mass is 226 g/mol. The highest BCUT2D eigenvalue weighted by atomic mass is 16.5. The van der Waals surface area contributed by atoms with E-state index >= 15 is 0 Å². The number of ether oxygens (including phenoxy) is 1. The first-order valence-electron chi connectivity index (χ1n) is 6.00. The molecule has 88 valence electrons. The molecule has 0 aromatic heterocycles. The van der Waals surface area contributed by atoms with E-state index < -0.39 is 0 Å². The molecule has 0 bridgehead atoms. The van der Waals surface area contributed by atoms with E-state index in [2.05, 4.69) is 54.6 Å². The van der Waals surface area contributed by atoms with Crippen molar-refractivity contribution >= 4 is 0 Å². The van der Waals surface area contributed by atoms with Crippen LogP contribution in [0.25, 0.3) is 0 Å². The summed E-state index contributed by atoms with van der Waals surface area (Å²) < 4.78 is 5.22. The molecular weight excluding hydrogens is 208 g/mol. The first-order chi connectivity index (χ1) is 8.40. The summed E-state index contributed by atoms with van der Waals surface area (Å²) in [6, 6.07) is 19.1. The molecule has 17 heavy (non-hydrogen) atoms. The van der Waals surface area contributed by atoms with Crippen LogP contribution in [-0.4, -0.2) is 7.11 Å². The van der Waals surface area contributed by atoms with Gasteiger partial charge in [-0.05, 0) is 29.5 Å². The lowest BCUT2D eigenvalue weighted by Gasteiger charge is -2.08. The Balaban J connectivity index is 2.03. The molecule has 0 fully saturated rings. The van der Waals surface area contributed by atoms with Crippen molar-refractivity contribution in [3.05, 3.63) is 71.3 Å². The lowest BCUT2D eigenvalue weighted by atomic mass is 10.0. The molecule has 1 heteroatoms. The van der Waals surface area contributed by atoms with Gasteiger partial charge in [0.25, 0.3) is 0 Å². The van der Waals surface area contributed by atoms with Gasteiger partial charge in [-0.15, -0.1) is 0 Å². The Kier molecular flexibility index (Phi) is 4.34. The number of benzene rings is 2. The predicted molar refractivity (Wildman–Crippen MR) is 71.0 cm³/mol.